The fourth-order valence-corrected chi connectivity index (χ4v) is 1.98. The number of aliphatic hydroxyl groups is 1. The molecule has 0 aliphatic carbocycles. The zero-order valence-corrected chi connectivity index (χ0v) is 15.8. The molecule has 150 valence electrons. The third-order valence-electron chi connectivity index (χ3n) is 3.57. The molecule has 0 saturated carbocycles. The quantitative estimate of drug-likeness (QED) is 0.564. The van der Waals surface area contributed by atoms with Gasteiger partial charge in [-0.05, 0) is 39.7 Å². The molecule has 0 aromatic carbocycles. The summed E-state index contributed by atoms with van der Waals surface area (Å²) in [7, 11) is 0. The highest BCUT2D eigenvalue weighted by atomic mass is 19.4. The van der Waals surface area contributed by atoms with Crippen molar-refractivity contribution in [3.63, 3.8) is 0 Å². The van der Waals surface area contributed by atoms with Gasteiger partial charge in [-0.15, -0.1) is 0 Å². The first-order valence-corrected chi connectivity index (χ1v) is 8.27. The maximum atomic E-state index is 12.7. The maximum absolute atomic E-state index is 12.7. The number of carbonyl (C=O) groups excluding carboxylic acids is 2. The van der Waals surface area contributed by atoms with E-state index < -0.39 is 36.3 Å². The molecule has 2 amide bonds. The topological polar surface area (TPSA) is 95.7 Å². The highest BCUT2D eigenvalue weighted by molar-refractivity contribution is 5.95. The molecule has 0 aromatic heterocycles. The Labute approximate surface area is 151 Å². The number of rotatable bonds is 8. The van der Waals surface area contributed by atoms with Gasteiger partial charge in [0.05, 0.1) is 11.4 Å². The van der Waals surface area contributed by atoms with Crippen molar-refractivity contribution in [2.75, 3.05) is 13.1 Å². The van der Waals surface area contributed by atoms with Crippen molar-refractivity contribution in [2.24, 2.45) is 5.73 Å². The summed E-state index contributed by atoms with van der Waals surface area (Å²) in [5.41, 5.74) is 5.76. The number of alkyl halides is 3. The van der Waals surface area contributed by atoms with Crippen LogP contribution in [0.2, 0.25) is 0 Å². The van der Waals surface area contributed by atoms with E-state index in [2.05, 4.69) is 5.32 Å². The molecule has 0 heterocycles. The van der Waals surface area contributed by atoms with E-state index in [1.54, 1.807) is 13.8 Å². The predicted molar refractivity (Wildman–Crippen MR) is 92.6 cm³/mol. The van der Waals surface area contributed by atoms with Crippen LogP contribution < -0.4 is 11.1 Å². The summed E-state index contributed by atoms with van der Waals surface area (Å²) in [5, 5.41) is 11.5. The van der Waals surface area contributed by atoms with E-state index >= 15 is 0 Å². The Morgan fingerprint density at radius 2 is 1.69 bits per heavy atom. The highest BCUT2D eigenvalue weighted by Gasteiger charge is 2.42. The maximum Gasteiger partial charge on any atom is 0.420 e. The molecule has 4 N–H and O–H groups in total. The minimum Gasteiger partial charge on any atom is -0.394 e. The van der Waals surface area contributed by atoms with Gasteiger partial charge in [0.1, 0.15) is 6.54 Å². The number of allylic oxidation sites excluding steroid dienone is 2. The Hall–Kier alpha value is -2.03. The molecule has 0 aliphatic rings. The van der Waals surface area contributed by atoms with E-state index in [0.29, 0.717) is 12.0 Å². The first kappa shape index (κ1) is 24.0. The lowest BCUT2D eigenvalue weighted by Gasteiger charge is -2.25. The van der Waals surface area contributed by atoms with E-state index in [9.17, 15) is 27.9 Å². The number of aliphatic hydroxyl groups excluding tert-OH is 1. The molecular formula is C17H28F3N3O3. The van der Waals surface area contributed by atoms with E-state index in [1.807, 2.05) is 6.92 Å². The number of halogens is 3. The van der Waals surface area contributed by atoms with E-state index in [1.165, 1.54) is 18.7 Å². The Balaban J connectivity index is 5.34. The molecule has 0 fully saturated rings. The van der Waals surface area contributed by atoms with Crippen molar-refractivity contribution in [1.82, 2.24) is 10.2 Å². The Bertz CT molecular complexity index is 576. The van der Waals surface area contributed by atoms with Crippen LogP contribution in [-0.4, -0.2) is 47.2 Å². The average molecular weight is 379 g/mol. The smallest absolute Gasteiger partial charge is 0.394 e. The molecule has 0 radical (unpaired) electrons. The summed E-state index contributed by atoms with van der Waals surface area (Å²) in [6.45, 7) is 7.64. The number of hydrogen-bond acceptors (Lipinski definition) is 4. The van der Waals surface area contributed by atoms with E-state index in [0.717, 1.165) is 6.42 Å². The van der Waals surface area contributed by atoms with Crippen molar-refractivity contribution < 1.29 is 27.9 Å². The summed E-state index contributed by atoms with van der Waals surface area (Å²) in [4.78, 5) is 25.7. The van der Waals surface area contributed by atoms with Gasteiger partial charge in [-0.3, -0.25) is 9.59 Å². The zero-order valence-electron chi connectivity index (χ0n) is 15.8. The molecule has 0 bridgehead atoms. The zero-order chi connectivity index (χ0) is 20.7. The average Bonchev–Trinajstić information content (AvgIpc) is 2.53. The van der Waals surface area contributed by atoms with Crippen LogP contribution in [0, 0.1) is 0 Å². The van der Waals surface area contributed by atoms with Gasteiger partial charge in [0.2, 0.25) is 5.91 Å². The number of amides is 2. The molecule has 0 rings (SSSR count). The third kappa shape index (κ3) is 7.47. The SMILES string of the molecule is CCCCN(CC(=O)NC(=C(C)C)C(O)C(F)(F)F)C(=O)C(N)=C(C)C. The minimum absolute atomic E-state index is 0.00772. The third-order valence-corrected chi connectivity index (χ3v) is 3.57. The molecule has 0 saturated heterocycles. The van der Waals surface area contributed by atoms with Crippen LogP contribution in [0.1, 0.15) is 47.5 Å². The molecule has 1 unspecified atom stereocenters. The minimum atomic E-state index is -4.91. The fraction of sp³-hybridized carbons (Fsp3) is 0.647. The lowest BCUT2D eigenvalue weighted by molar-refractivity contribution is -0.193. The predicted octanol–water partition coefficient (Wildman–Crippen LogP) is 2.20. The lowest BCUT2D eigenvalue weighted by atomic mass is 10.1. The van der Waals surface area contributed by atoms with Crippen LogP contribution in [0.5, 0.6) is 0 Å². The summed E-state index contributed by atoms with van der Waals surface area (Å²) in [5.74, 6) is -1.39. The number of unbranched alkanes of at least 4 members (excludes halogenated alkanes) is 1. The van der Waals surface area contributed by atoms with Gasteiger partial charge in [0.25, 0.3) is 5.91 Å². The number of nitrogens with two attached hydrogens (primary N) is 1. The largest absolute Gasteiger partial charge is 0.420 e. The van der Waals surface area contributed by atoms with Crippen LogP contribution in [0.25, 0.3) is 0 Å². The molecule has 1 atom stereocenters. The van der Waals surface area contributed by atoms with Crippen LogP contribution in [-0.2, 0) is 9.59 Å². The Kier molecular flexibility index (Phi) is 9.40. The second-order valence-electron chi connectivity index (χ2n) is 6.40. The van der Waals surface area contributed by atoms with E-state index in [4.69, 9.17) is 5.73 Å². The van der Waals surface area contributed by atoms with Crippen molar-refractivity contribution in [2.45, 2.75) is 59.7 Å². The van der Waals surface area contributed by atoms with Crippen molar-refractivity contribution in [3.8, 4) is 0 Å². The summed E-state index contributed by atoms with van der Waals surface area (Å²) >= 11 is 0. The first-order valence-electron chi connectivity index (χ1n) is 8.27. The number of hydrogen-bond donors (Lipinski definition) is 3. The summed E-state index contributed by atoms with van der Waals surface area (Å²) < 4.78 is 38.2. The van der Waals surface area contributed by atoms with Crippen LogP contribution >= 0.6 is 0 Å². The van der Waals surface area contributed by atoms with Gasteiger partial charge in [0.15, 0.2) is 6.10 Å². The molecule has 26 heavy (non-hydrogen) atoms. The van der Waals surface area contributed by atoms with Crippen LogP contribution in [0.3, 0.4) is 0 Å². The van der Waals surface area contributed by atoms with Crippen LogP contribution in [0.4, 0.5) is 13.2 Å². The highest BCUT2D eigenvalue weighted by Crippen LogP contribution is 2.25. The molecule has 9 heteroatoms. The second kappa shape index (κ2) is 10.2. The first-order chi connectivity index (χ1) is 11.8. The molecule has 0 aromatic rings. The molecule has 0 spiro atoms. The number of carbonyl (C=O) groups is 2. The Morgan fingerprint density at radius 3 is 2.08 bits per heavy atom. The summed E-state index contributed by atoms with van der Waals surface area (Å²) in [6, 6.07) is 0. The van der Waals surface area contributed by atoms with Gasteiger partial charge in [-0.25, -0.2) is 0 Å². The van der Waals surface area contributed by atoms with Crippen molar-refractivity contribution in [1.29, 1.82) is 0 Å². The van der Waals surface area contributed by atoms with Gasteiger partial charge in [-0.2, -0.15) is 13.2 Å². The monoisotopic (exact) mass is 379 g/mol. The summed E-state index contributed by atoms with van der Waals surface area (Å²) in [6.07, 6.45) is -6.36. The molecular weight excluding hydrogens is 351 g/mol. The van der Waals surface area contributed by atoms with Gasteiger partial charge < -0.3 is 21.1 Å². The van der Waals surface area contributed by atoms with Crippen molar-refractivity contribution >= 4 is 11.8 Å². The number of nitrogens with one attached hydrogen (secondary N) is 1. The van der Waals surface area contributed by atoms with Crippen LogP contribution in [0.15, 0.2) is 22.5 Å². The normalized spacial score (nSPS) is 12.2. The van der Waals surface area contributed by atoms with Gasteiger partial charge >= 0.3 is 6.18 Å². The fourth-order valence-electron chi connectivity index (χ4n) is 1.98. The van der Waals surface area contributed by atoms with Crippen molar-refractivity contribution in [3.05, 3.63) is 22.5 Å². The van der Waals surface area contributed by atoms with E-state index in [-0.39, 0.29) is 17.8 Å². The molecule has 0 aliphatic heterocycles. The molecule has 6 nitrogen and oxygen atoms in total. The Morgan fingerprint density at radius 1 is 1.15 bits per heavy atom. The number of nitrogens with zero attached hydrogens (tertiary/aromatic N) is 1. The second-order valence-corrected chi connectivity index (χ2v) is 6.40. The van der Waals surface area contributed by atoms with Gasteiger partial charge in [-0.1, -0.05) is 18.9 Å². The standard InChI is InChI=1S/C17H28F3N3O3/c1-6-7-8-23(16(26)13(21)10(2)3)9-12(24)22-14(11(4)5)15(25)17(18,19)20/h15,25H,6-9,21H2,1-5H3,(H,22,24). The lowest BCUT2D eigenvalue weighted by Crippen LogP contribution is -2.46. The van der Waals surface area contributed by atoms with Gasteiger partial charge in [0, 0.05) is 6.54 Å².